The number of para-hydroxylation sites is 1. The smallest absolute Gasteiger partial charge is 0.260 e. The zero-order valence-corrected chi connectivity index (χ0v) is 15.6. The molecule has 2 aliphatic rings. The first-order chi connectivity index (χ1) is 12.5. The van der Waals surface area contributed by atoms with Crippen LogP contribution in [-0.2, 0) is 14.3 Å². The number of amides is 2. The molecule has 1 aromatic rings. The Balaban J connectivity index is 1.67. The third kappa shape index (κ3) is 4.01. The molecule has 6 heteroatoms. The molecular weight excluding hydrogens is 332 g/mol. The third-order valence-electron chi connectivity index (χ3n) is 5.15. The summed E-state index contributed by atoms with van der Waals surface area (Å²) in [5.74, 6) is 0.580. The van der Waals surface area contributed by atoms with Gasteiger partial charge in [-0.3, -0.25) is 9.59 Å². The van der Waals surface area contributed by atoms with Gasteiger partial charge in [0.1, 0.15) is 5.75 Å². The van der Waals surface area contributed by atoms with Crippen LogP contribution < -0.4 is 4.74 Å². The predicted molar refractivity (Wildman–Crippen MR) is 97.9 cm³/mol. The second kappa shape index (κ2) is 8.08. The topological polar surface area (TPSA) is 59.1 Å². The van der Waals surface area contributed by atoms with Crippen molar-refractivity contribution in [1.82, 2.24) is 9.80 Å². The van der Waals surface area contributed by atoms with Gasteiger partial charge in [-0.25, -0.2) is 0 Å². The van der Waals surface area contributed by atoms with Gasteiger partial charge in [-0.2, -0.15) is 0 Å². The van der Waals surface area contributed by atoms with Crippen molar-refractivity contribution in [3.05, 3.63) is 30.3 Å². The maximum absolute atomic E-state index is 13.1. The molecule has 2 aliphatic heterocycles. The highest BCUT2D eigenvalue weighted by atomic mass is 16.5. The molecule has 3 rings (SSSR count). The van der Waals surface area contributed by atoms with Crippen molar-refractivity contribution in [2.75, 3.05) is 32.8 Å². The van der Waals surface area contributed by atoms with E-state index in [4.69, 9.17) is 9.47 Å². The van der Waals surface area contributed by atoms with E-state index in [-0.39, 0.29) is 24.5 Å². The lowest BCUT2D eigenvalue weighted by Gasteiger charge is -2.43. The molecule has 0 saturated carbocycles. The first-order valence-electron chi connectivity index (χ1n) is 9.42. The van der Waals surface area contributed by atoms with Crippen LogP contribution in [-0.4, -0.2) is 66.1 Å². The van der Waals surface area contributed by atoms with Crippen LogP contribution >= 0.6 is 0 Å². The number of likely N-dealkylation sites (tertiary alicyclic amines) is 1. The van der Waals surface area contributed by atoms with Gasteiger partial charge in [0.15, 0.2) is 12.2 Å². The first-order valence-corrected chi connectivity index (χ1v) is 9.42. The van der Waals surface area contributed by atoms with Gasteiger partial charge in [0.2, 0.25) is 0 Å². The lowest BCUT2D eigenvalue weighted by molar-refractivity contribution is -0.176. The van der Waals surface area contributed by atoms with E-state index in [0.29, 0.717) is 31.9 Å². The molecule has 0 aliphatic carbocycles. The minimum atomic E-state index is -0.901. The van der Waals surface area contributed by atoms with E-state index in [0.717, 1.165) is 19.4 Å². The molecule has 1 atom stereocenters. The highest BCUT2D eigenvalue weighted by Crippen LogP contribution is 2.30. The van der Waals surface area contributed by atoms with E-state index in [1.54, 1.807) is 4.90 Å². The van der Waals surface area contributed by atoms with E-state index < -0.39 is 5.60 Å². The van der Waals surface area contributed by atoms with Crippen LogP contribution in [0.3, 0.4) is 0 Å². The summed E-state index contributed by atoms with van der Waals surface area (Å²) in [7, 11) is 0. The van der Waals surface area contributed by atoms with Gasteiger partial charge in [-0.1, -0.05) is 18.2 Å². The van der Waals surface area contributed by atoms with Crippen molar-refractivity contribution < 1.29 is 19.1 Å². The molecule has 1 aromatic carbocycles. The van der Waals surface area contributed by atoms with Crippen LogP contribution in [0.2, 0.25) is 0 Å². The van der Waals surface area contributed by atoms with Gasteiger partial charge in [0, 0.05) is 19.1 Å². The molecule has 0 radical (unpaired) electrons. The summed E-state index contributed by atoms with van der Waals surface area (Å²) in [6.07, 6.45) is 2.57. The molecule has 1 unspecified atom stereocenters. The molecule has 26 heavy (non-hydrogen) atoms. The fourth-order valence-corrected chi connectivity index (χ4v) is 3.69. The molecular formula is C20H28N2O4. The summed E-state index contributed by atoms with van der Waals surface area (Å²) >= 11 is 0. The number of hydrogen-bond donors (Lipinski definition) is 0. The van der Waals surface area contributed by atoms with Crippen LogP contribution in [0.1, 0.15) is 33.1 Å². The van der Waals surface area contributed by atoms with Crippen molar-refractivity contribution in [3.8, 4) is 5.75 Å². The number of benzene rings is 1. The summed E-state index contributed by atoms with van der Waals surface area (Å²) in [6.45, 7) is 5.97. The largest absolute Gasteiger partial charge is 0.484 e. The Labute approximate surface area is 155 Å². The minimum Gasteiger partial charge on any atom is -0.484 e. The fraction of sp³-hybridized carbons (Fsp3) is 0.600. The fourth-order valence-electron chi connectivity index (χ4n) is 3.69. The molecule has 2 fully saturated rings. The zero-order valence-electron chi connectivity index (χ0n) is 15.6. The second-order valence-corrected chi connectivity index (χ2v) is 7.31. The Kier molecular flexibility index (Phi) is 5.81. The van der Waals surface area contributed by atoms with Crippen molar-refractivity contribution in [1.29, 1.82) is 0 Å². The van der Waals surface area contributed by atoms with Crippen molar-refractivity contribution in [2.45, 2.75) is 44.8 Å². The van der Waals surface area contributed by atoms with Crippen LogP contribution in [0.5, 0.6) is 5.75 Å². The van der Waals surface area contributed by atoms with Crippen molar-refractivity contribution in [2.24, 2.45) is 0 Å². The summed E-state index contributed by atoms with van der Waals surface area (Å²) in [5.41, 5.74) is -0.901. The molecule has 2 heterocycles. The monoisotopic (exact) mass is 360 g/mol. The zero-order chi connectivity index (χ0) is 18.6. The number of carbonyl (C=O) groups excluding carboxylic acids is 2. The maximum Gasteiger partial charge on any atom is 0.260 e. The summed E-state index contributed by atoms with van der Waals surface area (Å²) < 4.78 is 11.6. The molecule has 0 N–H and O–H groups in total. The van der Waals surface area contributed by atoms with Crippen molar-refractivity contribution >= 4 is 11.8 Å². The first kappa shape index (κ1) is 18.7. The minimum absolute atomic E-state index is 0.0199. The summed E-state index contributed by atoms with van der Waals surface area (Å²) in [4.78, 5) is 29.4. The molecule has 6 nitrogen and oxygen atoms in total. The Morgan fingerprint density at radius 3 is 2.73 bits per heavy atom. The standard InChI is InChI=1S/C20H28N2O4/c1-16(2)22-11-7-6-10-20(19(22)24)15-21(12-13-26-20)18(23)14-25-17-8-4-3-5-9-17/h3-5,8-9,16H,6-7,10-15H2,1-2H3. The van der Waals surface area contributed by atoms with E-state index in [2.05, 4.69) is 0 Å². The number of ether oxygens (including phenoxy) is 2. The molecule has 2 amide bonds. The lowest BCUT2D eigenvalue weighted by atomic mass is 9.93. The second-order valence-electron chi connectivity index (χ2n) is 7.31. The summed E-state index contributed by atoms with van der Waals surface area (Å²) in [6, 6.07) is 9.42. The number of rotatable bonds is 4. The van der Waals surface area contributed by atoms with Gasteiger partial charge in [0.05, 0.1) is 13.2 Å². The van der Waals surface area contributed by atoms with E-state index in [9.17, 15) is 9.59 Å². The van der Waals surface area contributed by atoms with Gasteiger partial charge in [-0.15, -0.1) is 0 Å². The molecule has 0 aromatic heterocycles. The number of nitrogens with zero attached hydrogens (tertiary/aromatic N) is 2. The van der Waals surface area contributed by atoms with Crippen LogP contribution in [0.25, 0.3) is 0 Å². The van der Waals surface area contributed by atoms with Crippen LogP contribution in [0.4, 0.5) is 0 Å². The van der Waals surface area contributed by atoms with E-state index >= 15 is 0 Å². The average Bonchev–Trinajstić information content (AvgIpc) is 2.80. The third-order valence-corrected chi connectivity index (χ3v) is 5.15. The summed E-state index contributed by atoms with van der Waals surface area (Å²) in [5, 5.41) is 0. The maximum atomic E-state index is 13.1. The molecule has 0 bridgehead atoms. The Hall–Kier alpha value is -2.08. The van der Waals surface area contributed by atoms with E-state index in [1.807, 2.05) is 49.1 Å². The molecule has 2 saturated heterocycles. The predicted octanol–water partition coefficient (Wildman–Crippen LogP) is 2.08. The lowest BCUT2D eigenvalue weighted by Crippen LogP contribution is -2.62. The SMILES string of the molecule is CC(C)N1CCCCC2(CN(C(=O)COc3ccccc3)CCO2)C1=O. The number of hydrogen-bond acceptors (Lipinski definition) is 4. The Morgan fingerprint density at radius 1 is 1.23 bits per heavy atom. The normalized spacial score (nSPS) is 24.0. The van der Waals surface area contributed by atoms with E-state index in [1.165, 1.54) is 0 Å². The highest BCUT2D eigenvalue weighted by molar-refractivity contribution is 5.87. The van der Waals surface area contributed by atoms with Gasteiger partial charge in [-0.05, 0) is 45.2 Å². The quantitative estimate of drug-likeness (QED) is 0.825. The van der Waals surface area contributed by atoms with Gasteiger partial charge < -0.3 is 19.3 Å². The highest BCUT2D eigenvalue weighted by Gasteiger charge is 2.48. The Bertz CT molecular complexity index is 634. The van der Waals surface area contributed by atoms with Gasteiger partial charge in [0.25, 0.3) is 11.8 Å². The number of carbonyl (C=O) groups is 2. The molecule has 1 spiro atoms. The van der Waals surface area contributed by atoms with Gasteiger partial charge >= 0.3 is 0 Å². The Morgan fingerprint density at radius 2 is 2.00 bits per heavy atom. The number of morpholine rings is 1. The van der Waals surface area contributed by atoms with Crippen LogP contribution in [0.15, 0.2) is 30.3 Å². The van der Waals surface area contributed by atoms with Crippen LogP contribution in [0, 0.1) is 0 Å². The average molecular weight is 360 g/mol. The molecule has 142 valence electrons. The van der Waals surface area contributed by atoms with Crippen molar-refractivity contribution in [3.63, 3.8) is 0 Å².